The quantitative estimate of drug-likeness (QED) is 0.429. The van der Waals surface area contributed by atoms with Crippen LogP contribution in [0.5, 0.6) is 11.5 Å². The van der Waals surface area contributed by atoms with Gasteiger partial charge in [0.25, 0.3) is 0 Å². The van der Waals surface area contributed by atoms with E-state index in [1.54, 1.807) is 30.3 Å². The third kappa shape index (κ3) is 5.50. The van der Waals surface area contributed by atoms with Gasteiger partial charge in [-0.1, -0.05) is 23.7 Å². The number of hydrazone groups is 1. The third-order valence-corrected chi connectivity index (χ3v) is 3.41. The Kier molecular flexibility index (Phi) is 6.36. The molecule has 0 aliphatic rings. The van der Waals surface area contributed by atoms with E-state index in [9.17, 15) is 14.7 Å². The topological polar surface area (TPSA) is 100 Å². The number of hydrogen-bond donors (Lipinski definition) is 3. The first-order chi connectivity index (χ1) is 12.0. The molecule has 0 heterocycles. The van der Waals surface area contributed by atoms with Crippen LogP contribution in [0.15, 0.2) is 47.6 Å². The minimum absolute atomic E-state index is 0.00902. The highest BCUT2D eigenvalue weighted by atomic mass is 35.5. The van der Waals surface area contributed by atoms with E-state index < -0.39 is 11.8 Å². The van der Waals surface area contributed by atoms with Crippen molar-refractivity contribution in [3.05, 3.63) is 58.6 Å². The number of phenols is 1. The summed E-state index contributed by atoms with van der Waals surface area (Å²) in [4.78, 5) is 23.4. The van der Waals surface area contributed by atoms with Crippen LogP contribution >= 0.6 is 11.6 Å². The zero-order chi connectivity index (χ0) is 18.2. The van der Waals surface area contributed by atoms with Gasteiger partial charge in [-0.3, -0.25) is 9.59 Å². The van der Waals surface area contributed by atoms with Crippen LogP contribution < -0.4 is 15.5 Å². The number of benzene rings is 2. The SMILES string of the molecule is COc1cc(/C=N/NC(=O)C(=O)NCc2ccc(Cl)cc2)ccc1O. The van der Waals surface area contributed by atoms with E-state index in [2.05, 4.69) is 15.8 Å². The molecule has 0 aliphatic carbocycles. The Balaban J connectivity index is 1.84. The highest BCUT2D eigenvalue weighted by Crippen LogP contribution is 2.25. The molecule has 0 unspecified atom stereocenters. The summed E-state index contributed by atoms with van der Waals surface area (Å²) in [6.45, 7) is 0.197. The van der Waals surface area contributed by atoms with Gasteiger partial charge in [-0.2, -0.15) is 5.10 Å². The number of amides is 2. The van der Waals surface area contributed by atoms with E-state index in [4.69, 9.17) is 16.3 Å². The van der Waals surface area contributed by atoms with Gasteiger partial charge < -0.3 is 15.2 Å². The maximum atomic E-state index is 11.7. The Labute approximate surface area is 149 Å². The highest BCUT2D eigenvalue weighted by Gasteiger charge is 2.11. The predicted octanol–water partition coefficient (Wildman–Crippen LogP) is 1.82. The van der Waals surface area contributed by atoms with Gasteiger partial charge >= 0.3 is 11.8 Å². The summed E-state index contributed by atoms with van der Waals surface area (Å²) in [5.41, 5.74) is 3.51. The van der Waals surface area contributed by atoms with Gasteiger partial charge in [-0.15, -0.1) is 0 Å². The lowest BCUT2D eigenvalue weighted by atomic mass is 10.2. The average molecular weight is 362 g/mol. The number of phenolic OH excluding ortho intramolecular Hbond substituents is 1. The summed E-state index contributed by atoms with van der Waals surface area (Å²) < 4.78 is 4.96. The second-order valence-electron chi connectivity index (χ2n) is 4.94. The highest BCUT2D eigenvalue weighted by molar-refractivity contribution is 6.35. The van der Waals surface area contributed by atoms with Crippen molar-refractivity contribution >= 4 is 29.6 Å². The third-order valence-electron chi connectivity index (χ3n) is 3.16. The predicted molar refractivity (Wildman–Crippen MR) is 93.7 cm³/mol. The van der Waals surface area contributed by atoms with Crippen molar-refractivity contribution in [2.75, 3.05) is 7.11 Å². The van der Waals surface area contributed by atoms with Gasteiger partial charge in [0.1, 0.15) is 0 Å². The van der Waals surface area contributed by atoms with E-state index in [1.165, 1.54) is 25.5 Å². The number of hydrogen-bond acceptors (Lipinski definition) is 5. The van der Waals surface area contributed by atoms with E-state index in [-0.39, 0.29) is 18.0 Å². The molecule has 0 bridgehead atoms. The number of carbonyl (C=O) groups excluding carboxylic acids is 2. The van der Waals surface area contributed by atoms with Crippen LogP contribution in [0.1, 0.15) is 11.1 Å². The summed E-state index contributed by atoms with van der Waals surface area (Å²) in [7, 11) is 1.42. The van der Waals surface area contributed by atoms with Crippen LogP contribution in [0.25, 0.3) is 0 Å². The fourth-order valence-corrected chi connectivity index (χ4v) is 1.98. The Morgan fingerprint density at radius 1 is 1.20 bits per heavy atom. The molecule has 0 radical (unpaired) electrons. The molecular weight excluding hydrogens is 346 g/mol. The Hall–Kier alpha value is -3.06. The van der Waals surface area contributed by atoms with Gasteiger partial charge in [-0.25, -0.2) is 5.43 Å². The average Bonchev–Trinajstić information content (AvgIpc) is 2.62. The second-order valence-corrected chi connectivity index (χ2v) is 5.38. The molecule has 3 N–H and O–H groups in total. The second kappa shape index (κ2) is 8.70. The minimum atomic E-state index is -0.893. The van der Waals surface area contributed by atoms with E-state index in [0.717, 1.165) is 5.56 Å². The number of halogens is 1. The molecule has 0 atom stereocenters. The molecular formula is C17H16ClN3O4. The monoisotopic (exact) mass is 361 g/mol. The number of aromatic hydroxyl groups is 1. The molecule has 7 nitrogen and oxygen atoms in total. The molecule has 0 spiro atoms. The first kappa shape index (κ1) is 18.3. The van der Waals surface area contributed by atoms with Gasteiger partial charge in [-0.05, 0) is 41.5 Å². The lowest BCUT2D eigenvalue weighted by molar-refractivity contribution is -0.139. The molecule has 130 valence electrons. The maximum Gasteiger partial charge on any atom is 0.329 e. The molecule has 2 amide bonds. The Morgan fingerprint density at radius 2 is 1.92 bits per heavy atom. The smallest absolute Gasteiger partial charge is 0.329 e. The fourth-order valence-electron chi connectivity index (χ4n) is 1.86. The normalized spacial score (nSPS) is 10.5. The van der Waals surface area contributed by atoms with Crippen molar-refractivity contribution in [1.29, 1.82) is 0 Å². The van der Waals surface area contributed by atoms with Gasteiger partial charge in [0.05, 0.1) is 13.3 Å². The van der Waals surface area contributed by atoms with E-state index in [0.29, 0.717) is 10.6 Å². The zero-order valence-electron chi connectivity index (χ0n) is 13.3. The number of carbonyl (C=O) groups is 2. The number of ether oxygens (including phenoxy) is 1. The summed E-state index contributed by atoms with van der Waals surface area (Å²) >= 11 is 5.77. The van der Waals surface area contributed by atoms with Crippen molar-refractivity contribution in [2.45, 2.75) is 6.54 Å². The molecule has 8 heteroatoms. The maximum absolute atomic E-state index is 11.7. The fraction of sp³-hybridized carbons (Fsp3) is 0.118. The van der Waals surface area contributed by atoms with Crippen molar-refractivity contribution in [3.63, 3.8) is 0 Å². The van der Waals surface area contributed by atoms with Crippen LogP contribution in [0, 0.1) is 0 Å². The molecule has 2 aromatic rings. The molecule has 0 saturated heterocycles. The van der Waals surface area contributed by atoms with Crippen LogP contribution in [-0.2, 0) is 16.1 Å². The largest absolute Gasteiger partial charge is 0.504 e. The van der Waals surface area contributed by atoms with Gasteiger partial charge in [0.15, 0.2) is 11.5 Å². The standard InChI is InChI=1S/C17H16ClN3O4/c1-25-15-8-12(4-7-14(15)22)10-20-21-17(24)16(23)19-9-11-2-5-13(18)6-3-11/h2-8,10,22H,9H2,1H3,(H,19,23)(H,21,24)/b20-10+. The first-order valence-electron chi connectivity index (χ1n) is 7.22. The summed E-state index contributed by atoms with van der Waals surface area (Å²) in [5.74, 6) is -1.44. The summed E-state index contributed by atoms with van der Waals surface area (Å²) in [6, 6.07) is 11.4. The summed E-state index contributed by atoms with van der Waals surface area (Å²) in [5, 5.41) is 16.2. The summed E-state index contributed by atoms with van der Waals surface area (Å²) in [6.07, 6.45) is 1.33. The van der Waals surface area contributed by atoms with Crippen molar-refractivity contribution < 1.29 is 19.4 Å². The van der Waals surface area contributed by atoms with Gasteiger partial charge in [0.2, 0.25) is 0 Å². The zero-order valence-corrected chi connectivity index (χ0v) is 14.1. The Bertz CT molecular complexity index is 791. The lowest BCUT2D eigenvalue weighted by Gasteiger charge is -2.05. The molecule has 25 heavy (non-hydrogen) atoms. The first-order valence-corrected chi connectivity index (χ1v) is 7.60. The lowest BCUT2D eigenvalue weighted by Crippen LogP contribution is -2.37. The van der Waals surface area contributed by atoms with Crippen LogP contribution in [0.3, 0.4) is 0 Å². The molecule has 0 aliphatic heterocycles. The molecule has 0 aromatic heterocycles. The van der Waals surface area contributed by atoms with Gasteiger partial charge in [0, 0.05) is 11.6 Å². The Morgan fingerprint density at radius 3 is 2.60 bits per heavy atom. The number of nitrogens with one attached hydrogen (secondary N) is 2. The van der Waals surface area contributed by atoms with E-state index >= 15 is 0 Å². The molecule has 0 saturated carbocycles. The van der Waals surface area contributed by atoms with Crippen LogP contribution in [0.4, 0.5) is 0 Å². The molecule has 2 rings (SSSR count). The van der Waals surface area contributed by atoms with Crippen molar-refractivity contribution in [2.24, 2.45) is 5.10 Å². The van der Waals surface area contributed by atoms with Crippen LogP contribution in [-0.4, -0.2) is 30.2 Å². The number of rotatable bonds is 5. The number of nitrogens with zero attached hydrogens (tertiary/aromatic N) is 1. The van der Waals surface area contributed by atoms with Crippen molar-refractivity contribution in [3.8, 4) is 11.5 Å². The van der Waals surface area contributed by atoms with Crippen LogP contribution in [0.2, 0.25) is 5.02 Å². The number of methoxy groups -OCH3 is 1. The van der Waals surface area contributed by atoms with E-state index in [1.807, 2.05) is 0 Å². The molecule has 0 fully saturated rings. The van der Waals surface area contributed by atoms with Crippen molar-refractivity contribution in [1.82, 2.24) is 10.7 Å². The molecule has 2 aromatic carbocycles. The minimum Gasteiger partial charge on any atom is -0.504 e.